The lowest BCUT2D eigenvalue weighted by molar-refractivity contribution is -0.124. The summed E-state index contributed by atoms with van der Waals surface area (Å²) in [5.74, 6) is 0.894. The SMILES string of the molecule is C[C@H](Cn1cccn1)C(=O)NCCc1noc(-c2ccccc2)n1. The van der Waals surface area contributed by atoms with Crippen molar-refractivity contribution in [1.82, 2.24) is 25.2 Å². The summed E-state index contributed by atoms with van der Waals surface area (Å²) >= 11 is 0. The van der Waals surface area contributed by atoms with Gasteiger partial charge in [-0.15, -0.1) is 0 Å². The Labute approximate surface area is 139 Å². The summed E-state index contributed by atoms with van der Waals surface area (Å²) in [6.45, 7) is 2.90. The molecule has 1 amide bonds. The molecule has 0 fully saturated rings. The fourth-order valence-electron chi connectivity index (χ4n) is 2.30. The van der Waals surface area contributed by atoms with Crippen LogP contribution >= 0.6 is 0 Å². The summed E-state index contributed by atoms with van der Waals surface area (Å²) in [6.07, 6.45) is 4.07. The molecular formula is C17H19N5O2. The zero-order valence-electron chi connectivity index (χ0n) is 13.4. The maximum absolute atomic E-state index is 12.1. The van der Waals surface area contributed by atoms with Crippen molar-refractivity contribution in [3.63, 3.8) is 0 Å². The molecule has 3 rings (SSSR count). The molecule has 0 radical (unpaired) electrons. The average Bonchev–Trinajstić information content (AvgIpc) is 3.27. The Morgan fingerprint density at radius 2 is 2.12 bits per heavy atom. The lowest BCUT2D eigenvalue weighted by Crippen LogP contribution is -2.33. The van der Waals surface area contributed by atoms with E-state index < -0.39 is 0 Å². The molecule has 0 aliphatic heterocycles. The summed E-state index contributed by atoms with van der Waals surface area (Å²) in [4.78, 5) is 16.4. The first-order valence-corrected chi connectivity index (χ1v) is 7.85. The Balaban J connectivity index is 1.46. The molecule has 0 aliphatic carbocycles. The van der Waals surface area contributed by atoms with Gasteiger partial charge >= 0.3 is 0 Å². The summed E-state index contributed by atoms with van der Waals surface area (Å²) < 4.78 is 6.99. The standard InChI is InChI=1S/C17H19N5O2/c1-13(12-22-11-5-9-19-22)16(23)18-10-8-15-20-17(24-21-15)14-6-3-2-4-7-14/h2-7,9,11,13H,8,10,12H2,1H3,(H,18,23)/t13-/m1/s1. The largest absolute Gasteiger partial charge is 0.355 e. The number of amides is 1. The molecular weight excluding hydrogens is 306 g/mol. The van der Waals surface area contributed by atoms with E-state index in [1.54, 1.807) is 10.9 Å². The van der Waals surface area contributed by atoms with Crippen LogP contribution in [0.4, 0.5) is 0 Å². The number of aromatic nitrogens is 4. The summed E-state index contributed by atoms with van der Waals surface area (Å²) in [6, 6.07) is 11.4. The minimum absolute atomic E-state index is 0.0164. The second-order valence-corrected chi connectivity index (χ2v) is 5.55. The van der Waals surface area contributed by atoms with E-state index in [9.17, 15) is 4.79 Å². The maximum Gasteiger partial charge on any atom is 0.257 e. The Hall–Kier alpha value is -2.96. The van der Waals surface area contributed by atoms with Crippen LogP contribution in [0.1, 0.15) is 12.7 Å². The van der Waals surface area contributed by atoms with Crippen molar-refractivity contribution in [1.29, 1.82) is 0 Å². The number of hydrogen-bond acceptors (Lipinski definition) is 5. The number of benzene rings is 1. The van der Waals surface area contributed by atoms with Gasteiger partial charge in [0.2, 0.25) is 5.91 Å². The Kier molecular flexibility index (Phi) is 5.00. The second-order valence-electron chi connectivity index (χ2n) is 5.55. The predicted octanol–water partition coefficient (Wildman–Crippen LogP) is 1.93. The lowest BCUT2D eigenvalue weighted by Gasteiger charge is -2.11. The highest BCUT2D eigenvalue weighted by atomic mass is 16.5. The van der Waals surface area contributed by atoms with Crippen LogP contribution in [0.25, 0.3) is 11.5 Å². The monoisotopic (exact) mass is 325 g/mol. The first-order valence-electron chi connectivity index (χ1n) is 7.85. The molecule has 3 aromatic rings. The van der Waals surface area contributed by atoms with Gasteiger partial charge in [0.15, 0.2) is 5.82 Å². The molecule has 24 heavy (non-hydrogen) atoms. The van der Waals surface area contributed by atoms with Crippen molar-refractivity contribution in [3.05, 3.63) is 54.6 Å². The molecule has 7 nitrogen and oxygen atoms in total. The Morgan fingerprint density at radius 3 is 2.88 bits per heavy atom. The molecule has 1 atom stereocenters. The predicted molar refractivity (Wildman–Crippen MR) is 87.8 cm³/mol. The number of carbonyl (C=O) groups is 1. The average molecular weight is 325 g/mol. The summed E-state index contributed by atoms with van der Waals surface area (Å²) in [7, 11) is 0. The number of hydrogen-bond donors (Lipinski definition) is 1. The lowest BCUT2D eigenvalue weighted by atomic mass is 10.1. The third-order valence-corrected chi connectivity index (χ3v) is 3.60. The van der Waals surface area contributed by atoms with Crippen LogP contribution in [0.5, 0.6) is 0 Å². The van der Waals surface area contributed by atoms with Crippen LogP contribution in [0, 0.1) is 5.92 Å². The van der Waals surface area contributed by atoms with Crippen LogP contribution in [-0.2, 0) is 17.8 Å². The van der Waals surface area contributed by atoms with Gasteiger partial charge in [-0.2, -0.15) is 10.1 Å². The molecule has 2 heterocycles. The van der Waals surface area contributed by atoms with E-state index in [0.29, 0.717) is 31.2 Å². The van der Waals surface area contributed by atoms with Gasteiger partial charge in [0.25, 0.3) is 5.89 Å². The van der Waals surface area contributed by atoms with Crippen molar-refractivity contribution >= 4 is 5.91 Å². The minimum atomic E-state index is -0.157. The zero-order valence-corrected chi connectivity index (χ0v) is 13.4. The molecule has 0 saturated carbocycles. The fourth-order valence-corrected chi connectivity index (χ4v) is 2.30. The van der Waals surface area contributed by atoms with Crippen molar-refractivity contribution in [3.8, 4) is 11.5 Å². The molecule has 0 saturated heterocycles. The number of rotatable bonds is 7. The molecule has 1 aromatic carbocycles. The highest BCUT2D eigenvalue weighted by Gasteiger charge is 2.14. The van der Waals surface area contributed by atoms with Crippen LogP contribution in [-0.4, -0.2) is 32.4 Å². The zero-order chi connectivity index (χ0) is 16.8. The molecule has 2 aromatic heterocycles. The fraction of sp³-hybridized carbons (Fsp3) is 0.294. The van der Waals surface area contributed by atoms with E-state index in [1.807, 2.05) is 49.5 Å². The molecule has 0 unspecified atom stereocenters. The maximum atomic E-state index is 12.1. The summed E-state index contributed by atoms with van der Waals surface area (Å²) in [5, 5.41) is 10.9. The van der Waals surface area contributed by atoms with E-state index in [0.717, 1.165) is 5.56 Å². The molecule has 0 bridgehead atoms. The van der Waals surface area contributed by atoms with E-state index in [2.05, 4.69) is 20.6 Å². The van der Waals surface area contributed by atoms with E-state index >= 15 is 0 Å². The molecule has 0 spiro atoms. The summed E-state index contributed by atoms with van der Waals surface area (Å²) in [5.41, 5.74) is 0.883. The van der Waals surface area contributed by atoms with Gasteiger partial charge in [0, 0.05) is 30.9 Å². The van der Waals surface area contributed by atoms with E-state index in [4.69, 9.17) is 4.52 Å². The Morgan fingerprint density at radius 1 is 1.29 bits per heavy atom. The van der Waals surface area contributed by atoms with Crippen molar-refractivity contribution in [2.24, 2.45) is 5.92 Å². The van der Waals surface area contributed by atoms with Crippen LogP contribution in [0.15, 0.2) is 53.3 Å². The first kappa shape index (κ1) is 15.9. The van der Waals surface area contributed by atoms with Crippen molar-refractivity contribution in [2.45, 2.75) is 19.9 Å². The quantitative estimate of drug-likeness (QED) is 0.717. The van der Waals surface area contributed by atoms with E-state index in [-0.39, 0.29) is 11.8 Å². The van der Waals surface area contributed by atoms with Crippen LogP contribution in [0.3, 0.4) is 0 Å². The molecule has 124 valence electrons. The van der Waals surface area contributed by atoms with E-state index in [1.165, 1.54) is 0 Å². The first-order chi connectivity index (χ1) is 11.7. The topological polar surface area (TPSA) is 85.8 Å². The number of carbonyl (C=O) groups excluding carboxylic acids is 1. The minimum Gasteiger partial charge on any atom is -0.355 e. The van der Waals surface area contributed by atoms with Crippen LogP contribution < -0.4 is 5.32 Å². The second kappa shape index (κ2) is 7.54. The number of nitrogens with one attached hydrogen (secondary N) is 1. The van der Waals surface area contributed by atoms with Crippen LogP contribution in [0.2, 0.25) is 0 Å². The third kappa shape index (κ3) is 4.07. The highest BCUT2D eigenvalue weighted by Crippen LogP contribution is 2.15. The number of nitrogens with zero attached hydrogens (tertiary/aromatic N) is 4. The molecule has 1 N–H and O–H groups in total. The van der Waals surface area contributed by atoms with Gasteiger partial charge in [-0.3, -0.25) is 9.48 Å². The van der Waals surface area contributed by atoms with Gasteiger partial charge in [0.1, 0.15) is 0 Å². The van der Waals surface area contributed by atoms with Gasteiger partial charge in [0.05, 0.1) is 12.5 Å². The van der Waals surface area contributed by atoms with Crippen molar-refractivity contribution < 1.29 is 9.32 Å². The normalized spacial score (nSPS) is 12.0. The van der Waals surface area contributed by atoms with Crippen molar-refractivity contribution in [2.75, 3.05) is 6.54 Å². The van der Waals surface area contributed by atoms with Gasteiger partial charge in [-0.1, -0.05) is 30.3 Å². The Bertz CT molecular complexity index is 767. The van der Waals surface area contributed by atoms with Gasteiger partial charge in [-0.05, 0) is 18.2 Å². The smallest absolute Gasteiger partial charge is 0.257 e. The molecule has 7 heteroatoms. The highest BCUT2D eigenvalue weighted by molar-refractivity contribution is 5.78. The van der Waals surface area contributed by atoms with Gasteiger partial charge < -0.3 is 9.84 Å². The molecule has 0 aliphatic rings. The third-order valence-electron chi connectivity index (χ3n) is 3.60. The van der Waals surface area contributed by atoms with Gasteiger partial charge in [-0.25, -0.2) is 0 Å².